The van der Waals surface area contributed by atoms with Gasteiger partial charge in [-0.25, -0.2) is 9.18 Å². The molecule has 2 N–H and O–H groups in total. The SMILES string of the molecule is O=C(CN1CCN(c2ccccc2F)C1=O)Nc1ccc(Nc2ccccc2)cc1. The average Bonchev–Trinajstić information content (AvgIpc) is 3.10. The molecule has 3 amide bonds. The van der Waals surface area contributed by atoms with Crippen molar-refractivity contribution in [1.29, 1.82) is 0 Å². The molecule has 7 heteroatoms. The Balaban J connectivity index is 1.32. The van der Waals surface area contributed by atoms with Crippen LogP contribution in [-0.4, -0.2) is 36.5 Å². The summed E-state index contributed by atoms with van der Waals surface area (Å²) < 4.78 is 14.0. The highest BCUT2D eigenvalue weighted by atomic mass is 19.1. The summed E-state index contributed by atoms with van der Waals surface area (Å²) >= 11 is 0. The van der Waals surface area contributed by atoms with Crippen LogP contribution in [-0.2, 0) is 4.79 Å². The lowest BCUT2D eigenvalue weighted by Gasteiger charge is -2.19. The van der Waals surface area contributed by atoms with E-state index in [0.29, 0.717) is 18.8 Å². The molecule has 0 aliphatic carbocycles. The van der Waals surface area contributed by atoms with Crippen molar-refractivity contribution in [3.63, 3.8) is 0 Å². The van der Waals surface area contributed by atoms with Gasteiger partial charge in [0.2, 0.25) is 5.91 Å². The third-order valence-corrected chi connectivity index (χ3v) is 4.80. The lowest BCUT2D eigenvalue weighted by molar-refractivity contribution is -0.116. The molecule has 0 aromatic heterocycles. The molecule has 0 spiro atoms. The van der Waals surface area contributed by atoms with Crippen molar-refractivity contribution >= 4 is 34.7 Å². The van der Waals surface area contributed by atoms with Crippen molar-refractivity contribution in [2.45, 2.75) is 0 Å². The second-order valence-electron chi connectivity index (χ2n) is 6.92. The predicted octanol–water partition coefficient (Wildman–Crippen LogP) is 4.45. The van der Waals surface area contributed by atoms with E-state index in [9.17, 15) is 14.0 Å². The standard InChI is InChI=1S/C23H21FN4O2/c24-20-8-4-5-9-21(20)28-15-14-27(23(28)30)16-22(29)26-19-12-10-18(11-13-19)25-17-6-2-1-3-7-17/h1-13,25H,14-16H2,(H,26,29). The minimum absolute atomic E-state index is 0.0895. The molecule has 4 rings (SSSR count). The highest BCUT2D eigenvalue weighted by Gasteiger charge is 2.32. The molecule has 1 aliphatic rings. The van der Waals surface area contributed by atoms with Gasteiger partial charge in [0.25, 0.3) is 0 Å². The monoisotopic (exact) mass is 404 g/mol. The highest BCUT2D eigenvalue weighted by Crippen LogP contribution is 2.23. The Morgan fingerprint density at radius 2 is 1.47 bits per heavy atom. The fourth-order valence-electron chi connectivity index (χ4n) is 3.32. The summed E-state index contributed by atoms with van der Waals surface area (Å²) in [6.07, 6.45) is 0. The van der Waals surface area contributed by atoms with E-state index in [1.165, 1.54) is 15.9 Å². The molecular formula is C23H21FN4O2. The number of anilines is 4. The summed E-state index contributed by atoms with van der Waals surface area (Å²) in [5.41, 5.74) is 2.74. The minimum atomic E-state index is -0.457. The number of carbonyl (C=O) groups is 2. The highest BCUT2D eigenvalue weighted by molar-refractivity contribution is 5.99. The quantitative estimate of drug-likeness (QED) is 0.638. The van der Waals surface area contributed by atoms with Crippen LogP contribution in [0.1, 0.15) is 0 Å². The Morgan fingerprint density at radius 1 is 0.833 bits per heavy atom. The van der Waals surface area contributed by atoms with Crippen molar-refractivity contribution < 1.29 is 14.0 Å². The van der Waals surface area contributed by atoms with Crippen molar-refractivity contribution in [2.75, 3.05) is 35.2 Å². The summed E-state index contributed by atoms with van der Waals surface area (Å²) in [6.45, 7) is 0.612. The van der Waals surface area contributed by atoms with E-state index in [4.69, 9.17) is 0 Å². The maximum Gasteiger partial charge on any atom is 0.325 e. The Hall–Kier alpha value is -3.87. The first-order chi connectivity index (χ1) is 14.6. The fourth-order valence-corrected chi connectivity index (χ4v) is 3.32. The molecule has 1 heterocycles. The lowest BCUT2D eigenvalue weighted by Crippen LogP contribution is -2.37. The zero-order valence-corrected chi connectivity index (χ0v) is 16.2. The molecule has 1 aliphatic heterocycles. The number of carbonyl (C=O) groups excluding carboxylic acids is 2. The van der Waals surface area contributed by atoms with Gasteiger partial charge in [0.1, 0.15) is 12.4 Å². The van der Waals surface area contributed by atoms with Crippen molar-refractivity contribution in [3.05, 3.63) is 84.7 Å². The lowest BCUT2D eigenvalue weighted by atomic mass is 10.2. The number of nitrogens with zero attached hydrogens (tertiary/aromatic N) is 2. The van der Waals surface area contributed by atoms with E-state index in [1.807, 2.05) is 42.5 Å². The average molecular weight is 404 g/mol. The number of para-hydroxylation sites is 2. The first kappa shape index (κ1) is 19.4. The number of hydrogen-bond donors (Lipinski definition) is 2. The number of halogens is 1. The molecular weight excluding hydrogens is 383 g/mol. The van der Waals surface area contributed by atoms with E-state index in [1.54, 1.807) is 30.3 Å². The van der Waals surface area contributed by atoms with Crippen LogP contribution in [0.4, 0.5) is 31.9 Å². The van der Waals surface area contributed by atoms with Crippen molar-refractivity contribution in [3.8, 4) is 0 Å². The molecule has 0 radical (unpaired) electrons. The van der Waals surface area contributed by atoms with Crippen LogP contribution in [0, 0.1) is 5.82 Å². The summed E-state index contributed by atoms with van der Waals surface area (Å²) in [4.78, 5) is 27.7. The van der Waals surface area contributed by atoms with Gasteiger partial charge in [0, 0.05) is 30.2 Å². The molecule has 0 saturated carbocycles. The van der Waals surface area contributed by atoms with Crippen LogP contribution in [0.5, 0.6) is 0 Å². The summed E-state index contributed by atoms with van der Waals surface area (Å²) in [5.74, 6) is -0.760. The molecule has 0 atom stereocenters. The van der Waals surface area contributed by atoms with E-state index >= 15 is 0 Å². The van der Waals surface area contributed by atoms with Crippen LogP contribution >= 0.6 is 0 Å². The summed E-state index contributed by atoms with van der Waals surface area (Å²) in [6, 6.07) is 22.8. The second-order valence-corrected chi connectivity index (χ2v) is 6.92. The molecule has 3 aromatic rings. The maximum absolute atomic E-state index is 14.0. The van der Waals surface area contributed by atoms with Gasteiger partial charge in [0.05, 0.1) is 5.69 Å². The molecule has 0 unspecified atom stereocenters. The zero-order chi connectivity index (χ0) is 20.9. The molecule has 6 nitrogen and oxygen atoms in total. The summed E-state index contributed by atoms with van der Waals surface area (Å²) in [5, 5.41) is 6.07. The first-order valence-electron chi connectivity index (χ1n) is 9.63. The van der Waals surface area contributed by atoms with Crippen LogP contribution in [0.25, 0.3) is 0 Å². The Morgan fingerprint density at radius 3 is 2.20 bits per heavy atom. The van der Waals surface area contributed by atoms with Crippen LogP contribution in [0.3, 0.4) is 0 Å². The Labute approximate surface area is 173 Å². The third-order valence-electron chi connectivity index (χ3n) is 4.80. The largest absolute Gasteiger partial charge is 0.356 e. The smallest absolute Gasteiger partial charge is 0.325 e. The normalized spacial score (nSPS) is 13.4. The number of benzene rings is 3. The van der Waals surface area contributed by atoms with Crippen molar-refractivity contribution in [1.82, 2.24) is 4.90 Å². The Kier molecular flexibility index (Phi) is 5.61. The van der Waals surface area contributed by atoms with Gasteiger partial charge >= 0.3 is 6.03 Å². The molecule has 1 saturated heterocycles. The van der Waals surface area contributed by atoms with Gasteiger partial charge < -0.3 is 15.5 Å². The van der Waals surface area contributed by atoms with E-state index in [0.717, 1.165) is 11.4 Å². The van der Waals surface area contributed by atoms with Gasteiger partial charge in [-0.2, -0.15) is 0 Å². The molecule has 152 valence electrons. The molecule has 3 aromatic carbocycles. The summed E-state index contributed by atoms with van der Waals surface area (Å²) in [7, 11) is 0. The molecule has 0 bridgehead atoms. The van der Waals surface area contributed by atoms with E-state index in [2.05, 4.69) is 10.6 Å². The van der Waals surface area contributed by atoms with Gasteiger partial charge in [-0.3, -0.25) is 9.69 Å². The van der Waals surface area contributed by atoms with E-state index < -0.39 is 5.82 Å². The number of nitrogens with one attached hydrogen (secondary N) is 2. The number of rotatable bonds is 6. The Bertz CT molecular complexity index is 1040. The number of amides is 3. The van der Waals surface area contributed by atoms with Crippen LogP contribution in [0.15, 0.2) is 78.9 Å². The first-order valence-corrected chi connectivity index (χ1v) is 9.63. The van der Waals surface area contributed by atoms with Crippen molar-refractivity contribution in [2.24, 2.45) is 0 Å². The third kappa shape index (κ3) is 4.41. The predicted molar refractivity (Wildman–Crippen MR) is 116 cm³/mol. The van der Waals surface area contributed by atoms with Gasteiger partial charge in [0.15, 0.2) is 0 Å². The fraction of sp³-hybridized carbons (Fsp3) is 0.130. The zero-order valence-electron chi connectivity index (χ0n) is 16.2. The molecule has 1 fully saturated rings. The van der Waals surface area contributed by atoms with E-state index in [-0.39, 0.29) is 24.2 Å². The minimum Gasteiger partial charge on any atom is -0.356 e. The maximum atomic E-state index is 14.0. The second kappa shape index (κ2) is 8.65. The topological polar surface area (TPSA) is 64.7 Å². The van der Waals surface area contributed by atoms with Gasteiger partial charge in [-0.05, 0) is 48.5 Å². The van der Waals surface area contributed by atoms with Gasteiger partial charge in [-0.15, -0.1) is 0 Å². The van der Waals surface area contributed by atoms with Crippen LogP contribution in [0.2, 0.25) is 0 Å². The number of urea groups is 1. The van der Waals surface area contributed by atoms with Gasteiger partial charge in [-0.1, -0.05) is 30.3 Å². The molecule has 30 heavy (non-hydrogen) atoms. The number of hydrogen-bond acceptors (Lipinski definition) is 3. The van der Waals surface area contributed by atoms with Crippen LogP contribution < -0.4 is 15.5 Å².